The summed E-state index contributed by atoms with van der Waals surface area (Å²) in [4.78, 5) is 15.4. The molecule has 1 heterocycles. The molecule has 0 saturated carbocycles. The molecule has 0 unspecified atom stereocenters. The first-order chi connectivity index (χ1) is 11.3. The van der Waals surface area contributed by atoms with E-state index in [4.69, 9.17) is 0 Å². The smallest absolute Gasteiger partial charge is 0.158 e. The van der Waals surface area contributed by atoms with E-state index in [0.717, 1.165) is 24.2 Å². The van der Waals surface area contributed by atoms with Gasteiger partial charge in [0.15, 0.2) is 5.78 Å². The van der Waals surface area contributed by atoms with Gasteiger partial charge in [-0.2, -0.15) is 0 Å². The van der Waals surface area contributed by atoms with E-state index in [-0.39, 0.29) is 5.92 Å². The number of Topliss-reactive ketones (excluding diaryl/α,β-unsaturated/α-hetero) is 1. The third-order valence-electron chi connectivity index (χ3n) is 4.67. The fourth-order valence-electron chi connectivity index (χ4n) is 3.46. The molecule has 0 bridgehead atoms. The number of nitrogens with zero attached hydrogens (tertiary/aromatic N) is 1. The molecule has 120 valence electrons. The second-order valence-electron chi connectivity index (χ2n) is 6.41. The first kappa shape index (κ1) is 15.9. The number of ketones is 1. The van der Waals surface area contributed by atoms with Gasteiger partial charge in [0.2, 0.25) is 0 Å². The van der Waals surface area contributed by atoms with E-state index in [1.165, 1.54) is 25.7 Å². The molecular formula is C21H25NO. The fraction of sp³-hybridized carbons (Fsp3) is 0.381. The van der Waals surface area contributed by atoms with Crippen LogP contribution in [0.25, 0.3) is 0 Å². The van der Waals surface area contributed by atoms with Crippen LogP contribution < -0.4 is 0 Å². The van der Waals surface area contributed by atoms with Gasteiger partial charge in [-0.15, -0.1) is 0 Å². The normalized spacial score (nSPS) is 16.2. The van der Waals surface area contributed by atoms with Gasteiger partial charge in [0.1, 0.15) is 0 Å². The van der Waals surface area contributed by atoms with Crippen molar-refractivity contribution in [3.63, 3.8) is 0 Å². The van der Waals surface area contributed by atoms with Gasteiger partial charge < -0.3 is 0 Å². The highest BCUT2D eigenvalue weighted by atomic mass is 16.1. The monoisotopic (exact) mass is 307 g/mol. The number of carbonyl (C=O) groups is 1. The quantitative estimate of drug-likeness (QED) is 0.822. The van der Waals surface area contributed by atoms with Gasteiger partial charge in [-0.05, 0) is 37.1 Å². The van der Waals surface area contributed by atoms with E-state index in [1.54, 1.807) is 0 Å². The van der Waals surface area contributed by atoms with Crippen LogP contribution in [-0.4, -0.2) is 30.3 Å². The van der Waals surface area contributed by atoms with Crippen molar-refractivity contribution in [1.29, 1.82) is 0 Å². The lowest BCUT2D eigenvalue weighted by Crippen LogP contribution is -2.33. The first-order valence-corrected chi connectivity index (χ1v) is 8.69. The maximum Gasteiger partial charge on any atom is 0.158 e. The summed E-state index contributed by atoms with van der Waals surface area (Å²) in [7, 11) is 0. The maximum absolute atomic E-state index is 13.1. The molecule has 0 aliphatic carbocycles. The number of hydrogen-bond acceptors (Lipinski definition) is 2. The zero-order chi connectivity index (χ0) is 15.9. The molecule has 1 aliphatic heterocycles. The molecule has 3 rings (SSSR count). The van der Waals surface area contributed by atoms with E-state index in [2.05, 4.69) is 29.2 Å². The number of benzene rings is 2. The molecule has 1 saturated heterocycles. The van der Waals surface area contributed by atoms with Gasteiger partial charge in [-0.1, -0.05) is 73.5 Å². The molecule has 0 amide bonds. The third-order valence-corrected chi connectivity index (χ3v) is 4.67. The highest BCUT2D eigenvalue weighted by Gasteiger charge is 2.24. The van der Waals surface area contributed by atoms with Gasteiger partial charge >= 0.3 is 0 Å². The van der Waals surface area contributed by atoms with Gasteiger partial charge in [0.05, 0.1) is 12.5 Å². The molecule has 1 aliphatic rings. The lowest BCUT2D eigenvalue weighted by molar-refractivity contribution is -0.120. The predicted octanol–water partition coefficient (Wildman–Crippen LogP) is 4.26. The summed E-state index contributed by atoms with van der Waals surface area (Å²) in [5, 5.41) is 0. The van der Waals surface area contributed by atoms with Crippen LogP contribution in [0.15, 0.2) is 60.7 Å². The van der Waals surface area contributed by atoms with Crippen molar-refractivity contribution in [2.45, 2.75) is 31.6 Å². The number of hydrogen-bond donors (Lipinski definition) is 0. The summed E-state index contributed by atoms with van der Waals surface area (Å²) in [6.07, 6.45) is 5.03. The Morgan fingerprint density at radius 2 is 1.26 bits per heavy atom. The average Bonchev–Trinajstić information content (AvgIpc) is 2.86. The zero-order valence-electron chi connectivity index (χ0n) is 13.7. The minimum atomic E-state index is -0.152. The summed E-state index contributed by atoms with van der Waals surface area (Å²) in [6, 6.07) is 20.4. The number of carbonyl (C=O) groups excluding carboxylic acids is 1. The van der Waals surface area contributed by atoms with E-state index >= 15 is 0 Å². The van der Waals surface area contributed by atoms with Crippen molar-refractivity contribution in [3.05, 3.63) is 71.8 Å². The van der Waals surface area contributed by atoms with Crippen LogP contribution >= 0.6 is 0 Å². The van der Waals surface area contributed by atoms with Crippen molar-refractivity contribution in [2.75, 3.05) is 19.6 Å². The molecule has 0 radical (unpaired) electrons. The SMILES string of the molecule is O=C(CN1CCCCCC1)C(c1ccccc1)c1ccccc1. The maximum atomic E-state index is 13.1. The Bertz CT molecular complexity index is 561. The number of likely N-dealkylation sites (tertiary alicyclic amines) is 1. The Hall–Kier alpha value is -1.93. The van der Waals surface area contributed by atoms with E-state index in [1.807, 2.05) is 36.4 Å². The molecule has 0 N–H and O–H groups in total. The highest BCUT2D eigenvalue weighted by molar-refractivity contribution is 5.90. The van der Waals surface area contributed by atoms with Crippen LogP contribution in [-0.2, 0) is 4.79 Å². The van der Waals surface area contributed by atoms with Crippen LogP contribution in [0.2, 0.25) is 0 Å². The molecule has 2 heteroatoms. The molecule has 0 spiro atoms. The topological polar surface area (TPSA) is 20.3 Å². The molecule has 2 aromatic carbocycles. The molecule has 0 atom stereocenters. The minimum Gasteiger partial charge on any atom is -0.297 e. The fourth-order valence-corrected chi connectivity index (χ4v) is 3.46. The van der Waals surface area contributed by atoms with Gasteiger partial charge in [0, 0.05) is 0 Å². The standard InChI is InChI=1S/C21H25NO/c23-20(17-22-15-9-1-2-10-16-22)21(18-11-5-3-6-12-18)19-13-7-4-8-14-19/h3-8,11-14,21H,1-2,9-10,15-17H2. The Kier molecular flexibility index (Phi) is 5.60. The van der Waals surface area contributed by atoms with Crippen LogP contribution in [0.1, 0.15) is 42.7 Å². The van der Waals surface area contributed by atoms with E-state index in [0.29, 0.717) is 12.3 Å². The second-order valence-corrected chi connectivity index (χ2v) is 6.41. The largest absolute Gasteiger partial charge is 0.297 e. The summed E-state index contributed by atoms with van der Waals surface area (Å²) in [5.41, 5.74) is 2.19. The Labute approximate surface area is 139 Å². The van der Waals surface area contributed by atoms with Gasteiger partial charge in [-0.25, -0.2) is 0 Å². The molecule has 0 aromatic heterocycles. The van der Waals surface area contributed by atoms with Crippen molar-refractivity contribution >= 4 is 5.78 Å². The highest BCUT2D eigenvalue weighted by Crippen LogP contribution is 2.26. The molecule has 2 nitrogen and oxygen atoms in total. The van der Waals surface area contributed by atoms with Crippen molar-refractivity contribution in [1.82, 2.24) is 4.90 Å². The summed E-state index contributed by atoms with van der Waals surface area (Å²) in [5.74, 6) is 0.157. The van der Waals surface area contributed by atoms with Crippen LogP contribution in [0.3, 0.4) is 0 Å². The van der Waals surface area contributed by atoms with Crippen molar-refractivity contribution < 1.29 is 4.79 Å². The third kappa shape index (κ3) is 4.29. The van der Waals surface area contributed by atoms with Crippen LogP contribution in [0, 0.1) is 0 Å². The second kappa shape index (κ2) is 8.07. The summed E-state index contributed by atoms with van der Waals surface area (Å²) < 4.78 is 0. The lowest BCUT2D eigenvalue weighted by Gasteiger charge is -2.23. The number of rotatable bonds is 5. The van der Waals surface area contributed by atoms with E-state index < -0.39 is 0 Å². The zero-order valence-corrected chi connectivity index (χ0v) is 13.7. The lowest BCUT2D eigenvalue weighted by atomic mass is 9.87. The molecular weight excluding hydrogens is 282 g/mol. The Morgan fingerprint density at radius 3 is 1.74 bits per heavy atom. The van der Waals surface area contributed by atoms with Gasteiger partial charge in [-0.3, -0.25) is 9.69 Å². The Morgan fingerprint density at radius 1 is 0.783 bits per heavy atom. The van der Waals surface area contributed by atoms with Crippen LogP contribution in [0.4, 0.5) is 0 Å². The molecule has 2 aromatic rings. The van der Waals surface area contributed by atoms with E-state index in [9.17, 15) is 4.79 Å². The predicted molar refractivity (Wildman–Crippen MR) is 94.6 cm³/mol. The molecule has 23 heavy (non-hydrogen) atoms. The summed E-state index contributed by atoms with van der Waals surface area (Å²) >= 11 is 0. The van der Waals surface area contributed by atoms with Crippen LogP contribution in [0.5, 0.6) is 0 Å². The van der Waals surface area contributed by atoms with Gasteiger partial charge in [0.25, 0.3) is 0 Å². The Balaban J connectivity index is 1.81. The van der Waals surface area contributed by atoms with Crippen molar-refractivity contribution in [2.24, 2.45) is 0 Å². The molecule has 1 fully saturated rings. The summed E-state index contributed by atoms with van der Waals surface area (Å²) in [6.45, 7) is 2.68. The first-order valence-electron chi connectivity index (χ1n) is 8.69. The average molecular weight is 307 g/mol. The minimum absolute atomic E-state index is 0.152. The van der Waals surface area contributed by atoms with Crippen molar-refractivity contribution in [3.8, 4) is 0 Å².